The average molecular weight is 648 g/mol. The smallest absolute Gasteiger partial charge is 0.272 e. The minimum atomic E-state index is -0.553. The normalized spacial score (nSPS) is 12.9. The van der Waals surface area contributed by atoms with Gasteiger partial charge in [0.15, 0.2) is 11.5 Å². The van der Waals surface area contributed by atoms with Gasteiger partial charge < -0.3 is 25.4 Å². The Hall–Kier alpha value is -5.32. The minimum Gasteiger partial charge on any atom is -0.486 e. The predicted octanol–water partition coefficient (Wildman–Crippen LogP) is 7.40. The molecule has 2 heterocycles. The van der Waals surface area contributed by atoms with Gasteiger partial charge in [0, 0.05) is 27.9 Å². The summed E-state index contributed by atoms with van der Waals surface area (Å²) in [5, 5.41) is 11.9. The first-order chi connectivity index (χ1) is 22.5. The Balaban J connectivity index is 1.16. The van der Waals surface area contributed by atoms with Crippen LogP contribution in [0.5, 0.6) is 11.5 Å². The molecule has 6 rings (SSSR count). The van der Waals surface area contributed by atoms with Gasteiger partial charge in [0.1, 0.15) is 24.2 Å². The molecule has 0 aliphatic carbocycles. The highest BCUT2D eigenvalue weighted by molar-refractivity contribution is 8.00. The molecule has 0 fully saturated rings. The van der Waals surface area contributed by atoms with Crippen molar-refractivity contribution in [1.82, 2.24) is 5.32 Å². The van der Waals surface area contributed by atoms with Gasteiger partial charge in [0.05, 0.1) is 0 Å². The molecule has 0 radical (unpaired) electrons. The van der Waals surface area contributed by atoms with E-state index >= 15 is 0 Å². The largest absolute Gasteiger partial charge is 0.486 e. The van der Waals surface area contributed by atoms with E-state index in [2.05, 4.69) is 16.0 Å². The highest BCUT2D eigenvalue weighted by Gasteiger charge is 2.23. The number of nitrogens with one attached hydrogen (secondary N) is 3. The van der Waals surface area contributed by atoms with E-state index in [1.807, 2.05) is 65.4 Å². The van der Waals surface area contributed by atoms with Gasteiger partial charge >= 0.3 is 0 Å². The van der Waals surface area contributed by atoms with E-state index in [1.54, 1.807) is 60.7 Å². The topological polar surface area (TPSA) is 106 Å². The van der Waals surface area contributed by atoms with E-state index in [0.29, 0.717) is 41.7 Å². The van der Waals surface area contributed by atoms with Crippen molar-refractivity contribution in [1.29, 1.82) is 0 Å². The van der Waals surface area contributed by atoms with Gasteiger partial charge in [-0.25, -0.2) is 0 Å². The molecule has 4 aromatic carbocycles. The number of carbonyl (C=O) groups is 3. The molecule has 1 aliphatic rings. The maximum absolute atomic E-state index is 13.6. The van der Waals surface area contributed by atoms with Gasteiger partial charge in [-0.2, -0.15) is 11.3 Å². The lowest BCUT2D eigenvalue weighted by Crippen LogP contribution is -2.30. The van der Waals surface area contributed by atoms with E-state index in [0.717, 1.165) is 16.0 Å². The van der Waals surface area contributed by atoms with Crippen LogP contribution in [-0.2, 0) is 9.59 Å². The number of ether oxygens (including phenoxy) is 2. The zero-order chi connectivity index (χ0) is 31.7. The Kier molecular flexibility index (Phi) is 9.77. The first-order valence-electron chi connectivity index (χ1n) is 14.5. The Morgan fingerprint density at radius 3 is 2.17 bits per heavy atom. The fourth-order valence-electron chi connectivity index (χ4n) is 4.65. The summed E-state index contributed by atoms with van der Waals surface area (Å²) in [6.07, 6.45) is 1.64. The number of thioether (sulfide) groups is 1. The van der Waals surface area contributed by atoms with Crippen molar-refractivity contribution in [2.24, 2.45) is 0 Å². The molecule has 5 aromatic rings. The van der Waals surface area contributed by atoms with Crippen molar-refractivity contribution in [3.8, 4) is 11.5 Å². The number of anilines is 2. The first-order valence-corrected chi connectivity index (χ1v) is 16.3. The Morgan fingerprint density at radius 2 is 1.46 bits per heavy atom. The van der Waals surface area contributed by atoms with Gasteiger partial charge in [-0.1, -0.05) is 48.5 Å². The lowest BCUT2D eigenvalue weighted by atomic mass is 10.1. The molecule has 0 saturated heterocycles. The summed E-state index contributed by atoms with van der Waals surface area (Å²) in [5.41, 5.74) is 3.36. The Labute approximate surface area is 274 Å². The number of benzene rings is 4. The average Bonchev–Trinajstić information content (AvgIpc) is 3.61. The van der Waals surface area contributed by atoms with Gasteiger partial charge in [0.2, 0.25) is 5.91 Å². The molecule has 10 heteroatoms. The molecular formula is C36H29N3O5S2. The molecule has 3 amide bonds. The number of thiophene rings is 1. The molecule has 230 valence electrons. The molecule has 3 N–H and O–H groups in total. The summed E-state index contributed by atoms with van der Waals surface area (Å²) in [4.78, 5) is 40.6. The standard InChI is InChI=1S/C36H29N3O5S2/c40-34(26-9-5-2-6-10-26)39-30(21-24-17-20-45-23-24)35(41)37-27-11-14-29(15-12-27)46-33(25-7-3-1-4-8-25)36(42)38-28-13-16-31-32(22-28)44-19-18-43-31/h1-17,20-23,33H,18-19H2,(H,37,41)(H,38,42)(H,39,40)/b30-21-. The Bertz CT molecular complexity index is 1840. The number of carbonyl (C=O) groups excluding carboxylic acids is 3. The highest BCUT2D eigenvalue weighted by Crippen LogP contribution is 2.38. The van der Waals surface area contributed by atoms with Crippen LogP contribution in [0.2, 0.25) is 0 Å². The summed E-state index contributed by atoms with van der Waals surface area (Å²) in [5.74, 6) is 0.210. The van der Waals surface area contributed by atoms with Crippen LogP contribution < -0.4 is 25.4 Å². The number of hydrogen-bond acceptors (Lipinski definition) is 7. The zero-order valence-corrected chi connectivity index (χ0v) is 26.1. The molecule has 0 saturated carbocycles. The molecule has 1 atom stereocenters. The molecule has 1 aromatic heterocycles. The van der Waals surface area contributed by atoms with Crippen LogP contribution in [-0.4, -0.2) is 30.9 Å². The van der Waals surface area contributed by atoms with E-state index < -0.39 is 11.2 Å². The van der Waals surface area contributed by atoms with Crippen LogP contribution in [0.15, 0.2) is 131 Å². The van der Waals surface area contributed by atoms with Crippen LogP contribution in [0, 0.1) is 0 Å². The van der Waals surface area contributed by atoms with Crippen LogP contribution in [0.1, 0.15) is 26.7 Å². The second-order valence-corrected chi connectivity index (χ2v) is 12.1. The highest BCUT2D eigenvalue weighted by atomic mass is 32.2. The lowest BCUT2D eigenvalue weighted by Gasteiger charge is -2.20. The van der Waals surface area contributed by atoms with Crippen molar-refractivity contribution < 1.29 is 23.9 Å². The second kappa shape index (κ2) is 14.6. The molecule has 0 spiro atoms. The van der Waals surface area contributed by atoms with Crippen LogP contribution in [0.25, 0.3) is 6.08 Å². The third-order valence-electron chi connectivity index (χ3n) is 6.90. The summed E-state index contributed by atoms with van der Waals surface area (Å²) in [7, 11) is 0. The van der Waals surface area contributed by atoms with Crippen molar-refractivity contribution >= 4 is 58.3 Å². The second-order valence-electron chi connectivity index (χ2n) is 10.2. The third kappa shape index (κ3) is 7.84. The minimum absolute atomic E-state index is 0.116. The molecule has 46 heavy (non-hydrogen) atoms. The van der Waals surface area contributed by atoms with Gasteiger partial charge in [-0.05, 0) is 82.6 Å². The molecule has 1 aliphatic heterocycles. The lowest BCUT2D eigenvalue weighted by molar-refractivity contribution is -0.116. The third-order valence-corrected chi connectivity index (χ3v) is 8.87. The SMILES string of the molecule is O=C(Nc1ccc(SC(C(=O)Nc2ccc3c(c2)OCCO3)c2ccccc2)cc1)/C(=C/c1ccsc1)NC(=O)c1ccccc1. The van der Waals surface area contributed by atoms with Crippen LogP contribution in [0.4, 0.5) is 11.4 Å². The van der Waals surface area contributed by atoms with Crippen LogP contribution in [0.3, 0.4) is 0 Å². The molecule has 8 nitrogen and oxygen atoms in total. The monoisotopic (exact) mass is 647 g/mol. The van der Waals surface area contributed by atoms with Crippen molar-refractivity contribution in [3.05, 3.63) is 142 Å². The van der Waals surface area contributed by atoms with E-state index in [1.165, 1.54) is 23.1 Å². The van der Waals surface area contributed by atoms with E-state index in [-0.39, 0.29) is 17.5 Å². The predicted molar refractivity (Wildman–Crippen MR) is 182 cm³/mol. The summed E-state index contributed by atoms with van der Waals surface area (Å²) in [6.45, 7) is 0.948. The Morgan fingerprint density at radius 1 is 0.761 bits per heavy atom. The molecular weight excluding hydrogens is 619 g/mol. The first kappa shape index (κ1) is 30.7. The number of amides is 3. The van der Waals surface area contributed by atoms with Gasteiger partial charge in [-0.3, -0.25) is 14.4 Å². The molecule has 0 bridgehead atoms. The summed E-state index contributed by atoms with van der Waals surface area (Å²) in [6, 6.07) is 32.7. The fourth-order valence-corrected chi connectivity index (χ4v) is 6.29. The van der Waals surface area contributed by atoms with Gasteiger partial charge in [-0.15, -0.1) is 11.8 Å². The summed E-state index contributed by atoms with van der Waals surface area (Å²) >= 11 is 2.89. The quantitative estimate of drug-likeness (QED) is 0.108. The maximum Gasteiger partial charge on any atom is 0.272 e. The van der Waals surface area contributed by atoms with Gasteiger partial charge in [0.25, 0.3) is 11.8 Å². The van der Waals surface area contributed by atoms with Crippen molar-refractivity contribution in [2.45, 2.75) is 10.1 Å². The number of rotatable bonds is 10. The van der Waals surface area contributed by atoms with Crippen molar-refractivity contribution in [2.75, 3.05) is 23.8 Å². The number of hydrogen-bond donors (Lipinski definition) is 3. The van der Waals surface area contributed by atoms with E-state index in [9.17, 15) is 14.4 Å². The van der Waals surface area contributed by atoms with Crippen molar-refractivity contribution in [3.63, 3.8) is 0 Å². The van der Waals surface area contributed by atoms with E-state index in [4.69, 9.17) is 9.47 Å². The fraction of sp³-hybridized carbons (Fsp3) is 0.0833. The number of fused-ring (bicyclic) bond motifs is 1. The van der Waals surface area contributed by atoms with Crippen LogP contribution >= 0.6 is 23.1 Å². The summed E-state index contributed by atoms with van der Waals surface area (Å²) < 4.78 is 11.3. The zero-order valence-electron chi connectivity index (χ0n) is 24.5. The molecule has 1 unspecified atom stereocenters. The maximum atomic E-state index is 13.6.